The average molecular weight is 243 g/mol. The van der Waals surface area contributed by atoms with Gasteiger partial charge in [0.25, 0.3) is 0 Å². The number of hydrogen-bond donors (Lipinski definition) is 3. The fraction of sp³-hybridized carbons (Fsp3) is 0.214. The number of hydrogen-bond acceptors (Lipinski definition) is 4. The summed E-state index contributed by atoms with van der Waals surface area (Å²) in [4.78, 5) is 4.04. The number of nitrogens with zero attached hydrogens (tertiary/aromatic N) is 1. The molecule has 18 heavy (non-hydrogen) atoms. The van der Waals surface area contributed by atoms with E-state index >= 15 is 0 Å². The van der Waals surface area contributed by atoms with Crippen molar-refractivity contribution < 1.29 is 5.11 Å². The van der Waals surface area contributed by atoms with Crippen molar-refractivity contribution in [3.8, 4) is 0 Å². The Kier molecular flexibility index (Phi) is 3.32. The van der Waals surface area contributed by atoms with Crippen molar-refractivity contribution in [1.29, 1.82) is 0 Å². The Labute approximate surface area is 106 Å². The molecule has 0 bridgehead atoms. The van der Waals surface area contributed by atoms with Crippen LogP contribution < -0.4 is 11.5 Å². The molecule has 0 aliphatic carbocycles. The predicted octanol–water partition coefficient (Wildman–Crippen LogP) is 1.17. The summed E-state index contributed by atoms with van der Waals surface area (Å²) in [6, 6.07) is 11.1. The van der Waals surface area contributed by atoms with E-state index in [0.29, 0.717) is 11.4 Å². The molecule has 1 aromatic carbocycles. The Morgan fingerprint density at radius 2 is 1.89 bits per heavy atom. The fourth-order valence-corrected chi connectivity index (χ4v) is 2.20. The van der Waals surface area contributed by atoms with Crippen molar-refractivity contribution in [1.82, 2.24) is 4.98 Å². The molecule has 4 heteroatoms. The van der Waals surface area contributed by atoms with E-state index in [9.17, 15) is 5.11 Å². The second-order valence-corrected chi connectivity index (χ2v) is 4.32. The molecule has 0 amide bonds. The normalized spacial score (nSPS) is 14.2. The van der Waals surface area contributed by atoms with E-state index in [1.165, 1.54) is 0 Å². The van der Waals surface area contributed by atoms with Crippen molar-refractivity contribution >= 4 is 5.82 Å². The molecule has 0 radical (unpaired) electrons. The van der Waals surface area contributed by atoms with Gasteiger partial charge in [0.15, 0.2) is 0 Å². The molecular weight excluding hydrogens is 226 g/mol. The van der Waals surface area contributed by atoms with Crippen LogP contribution in [-0.4, -0.2) is 16.6 Å². The molecule has 2 aromatic rings. The number of rotatable bonds is 3. The van der Waals surface area contributed by atoms with E-state index in [1.807, 2.05) is 43.3 Å². The molecule has 94 valence electrons. The molecule has 0 saturated heterocycles. The van der Waals surface area contributed by atoms with Gasteiger partial charge in [-0.1, -0.05) is 30.3 Å². The maximum absolute atomic E-state index is 10.9. The number of anilines is 1. The van der Waals surface area contributed by atoms with Gasteiger partial charge in [-0.05, 0) is 24.1 Å². The van der Waals surface area contributed by atoms with Crippen LogP contribution in [-0.2, 0) is 5.60 Å². The Morgan fingerprint density at radius 3 is 2.44 bits per heavy atom. The van der Waals surface area contributed by atoms with Gasteiger partial charge in [-0.3, -0.25) is 0 Å². The standard InChI is InChI=1S/C14H17N3O/c1-10-7-8-17-13(16)12(10)14(18,9-15)11-5-3-2-4-6-11/h2-8,18H,9,15H2,1H3,(H2,16,17). The van der Waals surface area contributed by atoms with Gasteiger partial charge in [-0.25, -0.2) is 4.98 Å². The van der Waals surface area contributed by atoms with Gasteiger partial charge in [0.2, 0.25) is 0 Å². The monoisotopic (exact) mass is 243 g/mol. The summed E-state index contributed by atoms with van der Waals surface area (Å²) >= 11 is 0. The highest BCUT2D eigenvalue weighted by Gasteiger charge is 2.33. The topological polar surface area (TPSA) is 85.2 Å². The molecule has 0 fully saturated rings. The lowest BCUT2D eigenvalue weighted by Gasteiger charge is -2.29. The summed E-state index contributed by atoms with van der Waals surface area (Å²) in [5, 5.41) is 10.9. The van der Waals surface area contributed by atoms with E-state index in [1.54, 1.807) is 6.20 Å². The molecule has 0 aliphatic rings. The number of aliphatic hydroxyl groups is 1. The third-order valence-corrected chi connectivity index (χ3v) is 3.15. The van der Waals surface area contributed by atoms with Crippen LogP contribution in [0.5, 0.6) is 0 Å². The van der Waals surface area contributed by atoms with Crippen molar-refractivity contribution in [3.05, 3.63) is 59.3 Å². The van der Waals surface area contributed by atoms with Crippen LogP contribution >= 0.6 is 0 Å². The minimum Gasteiger partial charge on any atom is -0.383 e. The Bertz CT molecular complexity index is 522. The van der Waals surface area contributed by atoms with Crippen molar-refractivity contribution in [2.45, 2.75) is 12.5 Å². The summed E-state index contributed by atoms with van der Waals surface area (Å²) < 4.78 is 0. The lowest BCUT2D eigenvalue weighted by molar-refractivity contribution is 0.0900. The first-order chi connectivity index (χ1) is 8.59. The number of benzene rings is 1. The van der Waals surface area contributed by atoms with E-state index < -0.39 is 5.60 Å². The first kappa shape index (κ1) is 12.5. The zero-order chi connectivity index (χ0) is 13.2. The molecule has 4 nitrogen and oxygen atoms in total. The fourth-order valence-electron chi connectivity index (χ4n) is 2.20. The van der Waals surface area contributed by atoms with Crippen LogP contribution in [0.4, 0.5) is 5.82 Å². The van der Waals surface area contributed by atoms with Gasteiger partial charge >= 0.3 is 0 Å². The molecule has 1 aromatic heterocycles. The predicted molar refractivity (Wildman–Crippen MR) is 71.9 cm³/mol. The highest BCUT2D eigenvalue weighted by Crippen LogP contribution is 2.33. The van der Waals surface area contributed by atoms with Crippen LogP contribution in [0.2, 0.25) is 0 Å². The summed E-state index contributed by atoms with van der Waals surface area (Å²) in [6.45, 7) is 1.94. The van der Waals surface area contributed by atoms with Gasteiger partial charge in [0, 0.05) is 18.3 Å². The molecule has 1 unspecified atom stereocenters. The molecular formula is C14H17N3O. The lowest BCUT2D eigenvalue weighted by atomic mass is 9.84. The maximum Gasteiger partial charge on any atom is 0.131 e. The van der Waals surface area contributed by atoms with Crippen LogP contribution in [0.15, 0.2) is 42.6 Å². The van der Waals surface area contributed by atoms with Gasteiger partial charge in [-0.2, -0.15) is 0 Å². The second-order valence-electron chi connectivity index (χ2n) is 4.32. The number of pyridine rings is 1. The molecule has 1 heterocycles. The Hall–Kier alpha value is -1.91. The molecule has 1 atom stereocenters. The highest BCUT2D eigenvalue weighted by atomic mass is 16.3. The Balaban J connectivity index is 2.65. The van der Waals surface area contributed by atoms with Crippen LogP contribution in [0.3, 0.4) is 0 Å². The van der Waals surface area contributed by atoms with Crippen molar-refractivity contribution in [2.75, 3.05) is 12.3 Å². The smallest absolute Gasteiger partial charge is 0.131 e. The number of nitrogens with two attached hydrogens (primary N) is 2. The van der Waals surface area contributed by atoms with E-state index in [-0.39, 0.29) is 6.54 Å². The lowest BCUT2D eigenvalue weighted by Crippen LogP contribution is -2.37. The first-order valence-electron chi connectivity index (χ1n) is 5.79. The van der Waals surface area contributed by atoms with Gasteiger partial charge in [0.05, 0.1) is 0 Å². The van der Waals surface area contributed by atoms with E-state index in [4.69, 9.17) is 11.5 Å². The van der Waals surface area contributed by atoms with Crippen molar-refractivity contribution in [2.24, 2.45) is 5.73 Å². The number of nitrogen functional groups attached to an aromatic ring is 1. The molecule has 0 aliphatic heterocycles. The van der Waals surface area contributed by atoms with Crippen molar-refractivity contribution in [3.63, 3.8) is 0 Å². The SMILES string of the molecule is Cc1ccnc(N)c1C(O)(CN)c1ccccc1. The van der Waals surface area contributed by atoms with Crippen LogP contribution in [0, 0.1) is 6.92 Å². The highest BCUT2D eigenvalue weighted by molar-refractivity contribution is 5.52. The maximum atomic E-state index is 10.9. The van der Waals surface area contributed by atoms with Crippen LogP contribution in [0.25, 0.3) is 0 Å². The molecule has 0 spiro atoms. The first-order valence-corrected chi connectivity index (χ1v) is 5.79. The zero-order valence-corrected chi connectivity index (χ0v) is 10.3. The second kappa shape index (κ2) is 4.76. The largest absolute Gasteiger partial charge is 0.383 e. The third-order valence-electron chi connectivity index (χ3n) is 3.15. The zero-order valence-electron chi connectivity index (χ0n) is 10.3. The van der Waals surface area contributed by atoms with Gasteiger partial charge < -0.3 is 16.6 Å². The van der Waals surface area contributed by atoms with Crippen LogP contribution in [0.1, 0.15) is 16.7 Å². The summed E-state index contributed by atoms with van der Waals surface area (Å²) in [5.74, 6) is 0.312. The van der Waals surface area contributed by atoms with Gasteiger partial charge in [0.1, 0.15) is 11.4 Å². The quantitative estimate of drug-likeness (QED) is 0.755. The summed E-state index contributed by atoms with van der Waals surface area (Å²) in [7, 11) is 0. The minimum atomic E-state index is -1.30. The van der Waals surface area contributed by atoms with E-state index in [0.717, 1.165) is 11.1 Å². The summed E-state index contributed by atoms with van der Waals surface area (Å²) in [5.41, 5.74) is 12.5. The number of aryl methyl sites for hydroxylation is 1. The molecule has 0 saturated carbocycles. The average Bonchev–Trinajstić information content (AvgIpc) is 2.39. The third kappa shape index (κ3) is 1.96. The number of aromatic nitrogens is 1. The summed E-state index contributed by atoms with van der Waals surface area (Å²) in [6.07, 6.45) is 1.62. The molecule has 2 rings (SSSR count). The van der Waals surface area contributed by atoms with E-state index in [2.05, 4.69) is 4.98 Å². The van der Waals surface area contributed by atoms with Gasteiger partial charge in [-0.15, -0.1) is 0 Å². The Morgan fingerprint density at radius 1 is 1.22 bits per heavy atom. The molecule has 5 N–H and O–H groups in total. The minimum absolute atomic E-state index is 0.0494.